The molecular formula is C43H50N4O16. The molecule has 0 spiro atoms. The lowest BCUT2D eigenvalue weighted by Crippen LogP contribution is -2.60. The SMILES string of the molecule is C[C@H](/C=C/CC(=O)N1Cc2ccccc2C[C@H]1CO)[C@@]1(O)C(=O)N(Cc2cccc(NC(=O)[C@H]3O[C@@H](O)[C@H](O)[C@@H](O)[C@@H]3O)c2)c2ccc(NC(=O)[C@H]3O[C@@H](O)[C@H](O)[C@@H](O)[C@@H]3O)cc21. The van der Waals surface area contributed by atoms with Gasteiger partial charge in [-0.25, -0.2) is 0 Å². The van der Waals surface area contributed by atoms with Crippen molar-refractivity contribution in [3.63, 3.8) is 0 Å². The van der Waals surface area contributed by atoms with Gasteiger partial charge in [0, 0.05) is 35.8 Å². The van der Waals surface area contributed by atoms with Crippen molar-refractivity contribution in [2.45, 2.75) is 106 Å². The number of hydrogen-bond donors (Lipinski definition) is 12. The maximum atomic E-state index is 14.5. The van der Waals surface area contributed by atoms with Crippen LogP contribution in [0.2, 0.25) is 0 Å². The molecule has 63 heavy (non-hydrogen) atoms. The van der Waals surface area contributed by atoms with Gasteiger partial charge in [0.15, 0.2) is 30.4 Å². The Morgan fingerprint density at radius 1 is 0.778 bits per heavy atom. The van der Waals surface area contributed by atoms with Crippen molar-refractivity contribution in [1.82, 2.24) is 4.90 Å². The summed E-state index contributed by atoms with van der Waals surface area (Å²) in [6.07, 6.45) is -15.5. The smallest absolute Gasteiger partial charge is 0.264 e. The van der Waals surface area contributed by atoms with E-state index in [0.29, 0.717) is 18.5 Å². The zero-order valence-electron chi connectivity index (χ0n) is 33.8. The van der Waals surface area contributed by atoms with E-state index < -0.39 is 96.7 Å². The molecule has 12 N–H and O–H groups in total. The number of amides is 4. The summed E-state index contributed by atoms with van der Waals surface area (Å²) in [5.74, 6) is -4.11. The van der Waals surface area contributed by atoms with E-state index in [0.717, 1.165) is 11.1 Å². The lowest BCUT2D eigenvalue weighted by atomic mass is 9.82. The summed E-state index contributed by atoms with van der Waals surface area (Å²) in [5.41, 5.74) is 0.476. The van der Waals surface area contributed by atoms with Crippen molar-refractivity contribution < 1.29 is 79.7 Å². The van der Waals surface area contributed by atoms with E-state index >= 15 is 0 Å². The van der Waals surface area contributed by atoms with Crippen LogP contribution in [0.25, 0.3) is 0 Å². The second-order valence-corrected chi connectivity index (χ2v) is 16.2. The summed E-state index contributed by atoms with van der Waals surface area (Å²) in [4.78, 5) is 57.2. The minimum Gasteiger partial charge on any atom is -0.394 e. The van der Waals surface area contributed by atoms with Gasteiger partial charge in [-0.3, -0.25) is 19.2 Å². The van der Waals surface area contributed by atoms with Crippen LogP contribution in [-0.4, -0.2) is 154 Å². The molecule has 20 heteroatoms. The number of rotatable bonds is 11. The van der Waals surface area contributed by atoms with E-state index in [4.69, 9.17) is 9.47 Å². The van der Waals surface area contributed by atoms with Crippen molar-refractivity contribution in [3.8, 4) is 0 Å². The first-order valence-corrected chi connectivity index (χ1v) is 20.2. The van der Waals surface area contributed by atoms with Gasteiger partial charge in [-0.2, -0.15) is 0 Å². The van der Waals surface area contributed by atoms with E-state index in [1.807, 2.05) is 24.3 Å². The van der Waals surface area contributed by atoms with E-state index in [2.05, 4.69) is 10.6 Å². The second-order valence-electron chi connectivity index (χ2n) is 16.2. The number of anilines is 3. The Balaban J connectivity index is 1.13. The van der Waals surface area contributed by atoms with Gasteiger partial charge < -0.3 is 81.0 Å². The molecule has 0 bridgehead atoms. The van der Waals surface area contributed by atoms with Crippen molar-refractivity contribution in [2.24, 2.45) is 5.92 Å². The molecule has 4 amide bonds. The average molecular weight is 879 g/mol. The number of nitrogens with one attached hydrogen (secondary N) is 2. The Hall–Kier alpha value is -5.20. The number of aliphatic hydroxyl groups is 10. The van der Waals surface area contributed by atoms with Crippen molar-refractivity contribution in [1.29, 1.82) is 0 Å². The minimum atomic E-state index is -2.32. The monoisotopic (exact) mass is 878 g/mol. The number of hydrogen-bond acceptors (Lipinski definition) is 16. The van der Waals surface area contributed by atoms with Crippen LogP contribution in [0, 0.1) is 5.92 Å². The van der Waals surface area contributed by atoms with Gasteiger partial charge in [0.2, 0.25) is 5.91 Å². The number of benzene rings is 3. The largest absolute Gasteiger partial charge is 0.394 e. The predicted octanol–water partition coefficient (Wildman–Crippen LogP) is -2.57. The Bertz CT molecular complexity index is 2240. The summed E-state index contributed by atoms with van der Waals surface area (Å²) in [6, 6.07) is 17.5. The zero-order valence-corrected chi connectivity index (χ0v) is 33.8. The first kappa shape index (κ1) is 45.8. The molecule has 3 aromatic rings. The van der Waals surface area contributed by atoms with Crippen molar-refractivity contribution >= 4 is 40.7 Å². The third-order valence-corrected chi connectivity index (χ3v) is 12.0. The molecule has 20 nitrogen and oxygen atoms in total. The Morgan fingerprint density at radius 2 is 1.37 bits per heavy atom. The van der Waals surface area contributed by atoms with E-state index in [1.54, 1.807) is 24.0 Å². The normalized spacial score (nSPS) is 32.2. The van der Waals surface area contributed by atoms with Gasteiger partial charge in [-0.05, 0) is 53.4 Å². The fourth-order valence-electron chi connectivity index (χ4n) is 8.37. The first-order valence-electron chi connectivity index (χ1n) is 20.2. The lowest BCUT2D eigenvalue weighted by Gasteiger charge is -2.37. The van der Waals surface area contributed by atoms with Crippen LogP contribution in [-0.2, 0) is 53.8 Å². The lowest BCUT2D eigenvalue weighted by molar-refractivity contribution is -0.274. The fourth-order valence-corrected chi connectivity index (χ4v) is 8.37. The third kappa shape index (κ3) is 8.85. The minimum absolute atomic E-state index is 0.00379. The molecule has 0 unspecified atom stereocenters. The quantitative estimate of drug-likeness (QED) is 0.0881. The van der Waals surface area contributed by atoms with Crippen LogP contribution in [0.5, 0.6) is 0 Å². The van der Waals surface area contributed by atoms with Crippen molar-refractivity contribution in [2.75, 3.05) is 22.1 Å². The summed E-state index contributed by atoms with van der Waals surface area (Å²) in [5, 5.41) is 108. The number of fused-ring (bicyclic) bond motifs is 2. The molecule has 0 aliphatic carbocycles. The van der Waals surface area contributed by atoms with Gasteiger partial charge in [0.25, 0.3) is 17.7 Å². The highest BCUT2D eigenvalue weighted by molar-refractivity contribution is 6.08. The third-order valence-electron chi connectivity index (χ3n) is 12.0. The topological polar surface area (TPSA) is 320 Å². The van der Waals surface area contributed by atoms with Crippen LogP contribution in [0.15, 0.2) is 78.9 Å². The molecule has 2 saturated heterocycles. The number of carbonyl (C=O) groups excluding carboxylic acids is 4. The molecule has 2 fully saturated rings. The highest BCUT2D eigenvalue weighted by Crippen LogP contribution is 2.47. The summed E-state index contributed by atoms with van der Waals surface area (Å²) in [7, 11) is 0. The van der Waals surface area contributed by atoms with Crippen LogP contribution < -0.4 is 15.5 Å². The molecule has 0 saturated carbocycles. The molecular weight excluding hydrogens is 828 g/mol. The number of aliphatic hydroxyl groups excluding tert-OH is 9. The van der Waals surface area contributed by atoms with Crippen LogP contribution in [0.4, 0.5) is 17.1 Å². The van der Waals surface area contributed by atoms with E-state index in [1.165, 1.54) is 47.4 Å². The van der Waals surface area contributed by atoms with E-state index in [9.17, 15) is 70.2 Å². The van der Waals surface area contributed by atoms with Gasteiger partial charge in [0.1, 0.15) is 36.6 Å². The standard InChI is InChI=1S/C43H50N4O16/c1-20(6-4-11-29(49)46-18-23-9-3-2-8-22(23)15-26(46)19-48)43(61)27-16-25(45-39(57)37-33(53)31(51)35(55)41(59)63-37)12-13-28(27)47(42(43)60)17-21-7-5-10-24(14-21)44-38(56)36-32(52)30(50)34(54)40(58)62-36/h2-10,12-14,16,20,26,30-37,40-41,48,50-55,58-59,61H,11,15,17-19H2,1H3,(H,44,56)(H,45,57)/b6-4+/t20-,26+,30+,31+,32+,33+,34-,35-,36+,37+,40-,41-,43+/m1/s1. The van der Waals surface area contributed by atoms with Gasteiger partial charge >= 0.3 is 0 Å². The zero-order chi connectivity index (χ0) is 45.5. The van der Waals surface area contributed by atoms with Gasteiger partial charge in [-0.15, -0.1) is 0 Å². The predicted molar refractivity (Wildman–Crippen MR) is 218 cm³/mol. The molecule has 4 heterocycles. The molecule has 4 aliphatic heterocycles. The highest BCUT2D eigenvalue weighted by atomic mass is 16.6. The van der Waals surface area contributed by atoms with Crippen molar-refractivity contribution in [3.05, 3.63) is 101 Å². The molecule has 13 atom stereocenters. The average Bonchev–Trinajstić information content (AvgIpc) is 3.48. The second kappa shape index (κ2) is 18.5. The van der Waals surface area contributed by atoms with E-state index in [-0.39, 0.29) is 48.1 Å². The summed E-state index contributed by atoms with van der Waals surface area (Å²) >= 11 is 0. The molecule has 0 aromatic heterocycles. The number of nitrogens with zero attached hydrogens (tertiary/aromatic N) is 2. The van der Waals surface area contributed by atoms with Gasteiger partial charge in [0.05, 0.1) is 24.9 Å². The summed E-state index contributed by atoms with van der Waals surface area (Å²) < 4.78 is 10.1. The highest BCUT2D eigenvalue weighted by Gasteiger charge is 2.53. The maximum absolute atomic E-state index is 14.5. The molecule has 338 valence electrons. The molecule has 7 rings (SSSR count). The fraction of sp³-hybridized carbons (Fsp3) is 0.442. The first-order chi connectivity index (χ1) is 29.9. The number of carbonyl (C=O) groups is 4. The van der Waals surface area contributed by atoms with Crippen LogP contribution in [0.1, 0.15) is 35.6 Å². The summed E-state index contributed by atoms with van der Waals surface area (Å²) in [6.45, 7) is 1.41. The van der Waals surface area contributed by atoms with Crippen LogP contribution >= 0.6 is 0 Å². The molecule has 3 aromatic carbocycles. The van der Waals surface area contributed by atoms with Crippen LogP contribution in [0.3, 0.4) is 0 Å². The Labute approximate surface area is 359 Å². The molecule has 4 aliphatic rings. The maximum Gasteiger partial charge on any atom is 0.264 e. The number of ether oxygens (including phenoxy) is 2. The molecule has 0 radical (unpaired) electrons. The van der Waals surface area contributed by atoms with Gasteiger partial charge in [-0.1, -0.05) is 55.5 Å². The Morgan fingerprint density at radius 3 is 1.97 bits per heavy atom. The Kier molecular flexibility index (Phi) is 13.4.